The van der Waals surface area contributed by atoms with Crippen molar-refractivity contribution in [2.24, 2.45) is 13.0 Å². The molecule has 0 aromatic carbocycles. The topological polar surface area (TPSA) is 93.2 Å². The van der Waals surface area contributed by atoms with E-state index in [4.69, 9.17) is 0 Å². The number of nitro groups is 1. The van der Waals surface area contributed by atoms with Gasteiger partial charge >= 0.3 is 5.69 Å². The summed E-state index contributed by atoms with van der Waals surface area (Å²) >= 11 is 0. The first-order valence-corrected chi connectivity index (χ1v) is 6.78. The summed E-state index contributed by atoms with van der Waals surface area (Å²) in [4.78, 5) is 10.6. The highest BCUT2D eigenvalue weighted by Gasteiger charge is 2.27. The Bertz CT molecular complexity index is 480. The summed E-state index contributed by atoms with van der Waals surface area (Å²) in [5, 5.41) is 28.3. The molecule has 1 atom stereocenters. The van der Waals surface area contributed by atoms with E-state index in [0.29, 0.717) is 23.9 Å². The molecule has 0 amide bonds. The molecule has 0 fully saturated rings. The number of aryl methyl sites for hydroxylation is 2. The van der Waals surface area contributed by atoms with Crippen molar-refractivity contribution in [3.63, 3.8) is 0 Å². The van der Waals surface area contributed by atoms with Crippen molar-refractivity contribution in [1.29, 1.82) is 0 Å². The molecule has 20 heavy (non-hydrogen) atoms. The zero-order valence-electron chi connectivity index (χ0n) is 12.8. The maximum atomic E-state index is 11.0. The molecule has 0 aliphatic rings. The summed E-state index contributed by atoms with van der Waals surface area (Å²) in [6, 6.07) is 0. The van der Waals surface area contributed by atoms with Gasteiger partial charge in [0.1, 0.15) is 5.69 Å². The minimum atomic E-state index is -0.906. The highest BCUT2D eigenvalue weighted by molar-refractivity contribution is 5.59. The second-order valence-electron chi connectivity index (χ2n) is 5.95. The Labute approximate surface area is 119 Å². The standard InChI is InChI=1S/C13H24N4O3/c1-9(2)6-7-13(4,18)8-14-12-11(17(19)20)10(3)15-16(12)5/h9,14,18H,6-8H2,1-5H3. The molecule has 1 unspecified atom stereocenters. The van der Waals surface area contributed by atoms with E-state index in [9.17, 15) is 15.2 Å². The van der Waals surface area contributed by atoms with Crippen LogP contribution in [0.4, 0.5) is 11.5 Å². The summed E-state index contributed by atoms with van der Waals surface area (Å²) in [6.07, 6.45) is 1.55. The maximum absolute atomic E-state index is 11.0. The van der Waals surface area contributed by atoms with E-state index in [1.807, 2.05) is 0 Å². The van der Waals surface area contributed by atoms with Gasteiger partial charge in [0, 0.05) is 13.6 Å². The van der Waals surface area contributed by atoms with Crippen LogP contribution in [-0.4, -0.2) is 32.0 Å². The largest absolute Gasteiger partial charge is 0.388 e. The molecule has 1 aromatic heterocycles. The molecule has 114 valence electrons. The number of nitrogens with one attached hydrogen (secondary N) is 1. The molecule has 0 bridgehead atoms. The quantitative estimate of drug-likeness (QED) is 0.591. The zero-order chi connectivity index (χ0) is 15.5. The third kappa shape index (κ3) is 4.19. The van der Waals surface area contributed by atoms with Gasteiger partial charge in [0.25, 0.3) is 0 Å². The fourth-order valence-electron chi connectivity index (χ4n) is 2.03. The van der Waals surface area contributed by atoms with Gasteiger partial charge in [0.05, 0.1) is 10.5 Å². The lowest BCUT2D eigenvalue weighted by Gasteiger charge is -2.24. The summed E-state index contributed by atoms with van der Waals surface area (Å²) in [6.45, 7) is 7.77. The highest BCUT2D eigenvalue weighted by atomic mass is 16.6. The first-order valence-electron chi connectivity index (χ1n) is 6.78. The lowest BCUT2D eigenvalue weighted by Crippen LogP contribution is -2.34. The van der Waals surface area contributed by atoms with Gasteiger partial charge in [-0.25, -0.2) is 4.68 Å². The van der Waals surface area contributed by atoms with E-state index in [1.165, 1.54) is 4.68 Å². The average Bonchev–Trinajstić information content (AvgIpc) is 2.59. The van der Waals surface area contributed by atoms with Crippen molar-refractivity contribution in [3.05, 3.63) is 15.8 Å². The molecular weight excluding hydrogens is 260 g/mol. The molecule has 0 aliphatic heterocycles. The second-order valence-corrected chi connectivity index (χ2v) is 5.95. The SMILES string of the molecule is Cc1nn(C)c(NCC(C)(O)CCC(C)C)c1[N+](=O)[O-]. The lowest BCUT2D eigenvalue weighted by atomic mass is 9.95. The van der Waals surface area contributed by atoms with E-state index in [2.05, 4.69) is 24.3 Å². The molecule has 0 spiro atoms. The summed E-state index contributed by atoms with van der Waals surface area (Å²) in [5.74, 6) is 0.840. The van der Waals surface area contributed by atoms with Gasteiger partial charge in [-0.05, 0) is 32.6 Å². The number of nitrogens with zero attached hydrogens (tertiary/aromatic N) is 3. The molecular formula is C13H24N4O3. The minimum Gasteiger partial charge on any atom is -0.388 e. The summed E-state index contributed by atoms with van der Waals surface area (Å²) in [7, 11) is 1.64. The van der Waals surface area contributed by atoms with Crippen LogP contribution in [0, 0.1) is 23.0 Å². The maximum Gasteiger partial charge on any atom is 0.333 e. The Hall–Kier alpha value is -1.63. The van der Waals surface area contributed by atoms with Crippen molar-refractivity contribution in [1.82, 2.24) is 9.78 Å². The van der Waals surface area contributed by atoms with Crippen LogP contribution in [0.15, 0.2) is 0 Å². The van der Waals surface area contributed by atoms with Crippen LogP contribution in [0.1, 0.15) is 39.3 Å². The van der Waals surface area contributed by atoms with Crippen LogP contribution in [-0.2, 0) is 7.05 Å². The normalized spacial score (nSPS) is 14.3. The summed E-state index contributed by atoms with van der Waals surface area (Å²) < 4.78 is 1.44. The fraction of sp³-hybridized carbons (Fsp3) is 0.769. The van der Waals surface area contributed by atoms with E-state index < -0.39 is 10.5 Å². The second kappa shape index (κ2) is 6.21. The Balaban J connectivity index is 2.77. The zero-order valence-corrected chi connectivity index (χ0v) is 12.8. The van der Waals surface area contributed by atoms with Crippen molar-refractivity contribution < 1.29 is 10.0 Å². The van der Waals surface area contributed by atoms with Crippen LogP contribution < -0.4 is 5.32 Å². The van der Waals surface area contributed by atoms with Crippen molar-refractivity contribution in [2.45, 2.75) is 46.1 Å². The fourth-order valence-corrected chi connectivity index (χ4v) is 2.03. The van der Waals surface area contributed by atoms with Crippen molar-refractivity contribution in [3.8, 4) is 0 Å². The number of aliphatic hydroxyl groups is 1. The molecule has 0 radical (unpaired) electrons. The van der Waals surface area contributed by atoms with Crippen molar-refractivity contribution >= 4 is 11.5 Å². The van der Waals surface area contributed by atoms with Gasteiger partial charge in [-0.15, -0.1) is 0 Å². The number of anilines is 1. The van der Waals surface area contributed by atoms with Crippen LogP contribution >= 0.6 is 0 Å². The molecule has 7 nitrogen and oxygen atoms in total. The predicted molar refractivity (Wildman–Crippen MR) is 77.8 cm³/mol. The van der Waals surface area contributed by atoms with Crippen molar-refractivity contribution in [2.75, 3.05) is 11.9 Å². The molecule has 7 heteroatoms. The Morgan fingerprint density at radius 2 is 2.15 bits per heavy atom. The molecule has 1 aromatic rings. The molecule has 0 saturated heterocycles. The monoisotopic (exact) mass is 284 g/mol. The van der Waals surface area contributed by atoms with Crippen LogP contribution in [0.25, 0.3) is 0 Å². The van der Waals surface area contributed by atoms with E-state index in [1.54, 1.807) is 20.9 Å². The first-order chi connectivity index (χ1) is 9.14. The van der Waals surface area contributed by atoms with Gasteiger partial charge in [-0.1, -0.05) is 13.8 Å². The predicted octanol–water partition coefficient (Wildman–Crippen LogP) is 2.24. The third-order valence-corrected chi connectivity index (χ3v) is 3.27. The minimum absolute atomic E-state index is 0.0350. The molecule has 0 aliphatic carbocycles. The smallest absolute Gasteiger partial charge is 0.333 e. The number of rotatable bonds is 7. The molecule has 1 rings (SSSR count). The Kier molecular flexibility index (Phi) is 5.10. The number of hydrogen-bond donors (Lipinski definition) is 2. The Morgan fingerprint density at radius 1 is 1.55 bits per heavy atom. The van der Waals surface area contributed by atoms with Gasteiger partial charge in [0.2, 0.25) is 5.82 Å². The number of hydrogen-bond acceptors (Lipinski definition) is 5. The molecule has 2 N–H and O–H groups in total. The van der Waals surface area contributed by atoms with Crippen LogP contribution in [0.5, 0.6) is 0 Å². The summed E-state index contributed by atoms with van der Waals surface area (Å²) in [5.41, 5.74) is -0.579. The van der Waals surface area contributed by atoms with Gasteiger partial charge in [0.15, 0.2) is 0 Å². The van der Waals surface area contributed by atoms with E-state index in [-0.39, 0.29) is 12.2 Å². The van der Waals surface area contributed by atoms with Gasteiger partial charge in [-0.2, -0.15) is 5.10 Å². The van der Waals surface area contributed by atoms with E-state index in [0.717, 1.165) is 6.42 Å². The third-order valence-electron chi connectivity index (χ3n) is 3.27. The Morgan fingerprint density at radius 3 is 2.65 bits per heavy atom. The highest BCUT2D eigenvalue weighted by Crippen LogP contribution is 2.28. The number of aromatic nitrogens is 2. The van der Waals surface area contributed by atoms with Crippen LogP contribution in [0.3, 0.4) is 0 Å². The van der Waals surface area contributed by atoms with Gasteiger partial charge < -0.3 is 10.4 Å². The molecule has 1 heterocycles. The average molecular weight is 284 g/mol. The molecule has 0 saturated carbocycles. The van der Waals surface area contributed by atoms with Crippen LogP contribution in [0.2, 0.25) is 0 Å². The lowest BCUT2D eigenvalue weighted by molar-refractivity contribution is -0.384. The first kappa shape index (κ1) is 16.4. The van der Waals surface area contributed by atoms with E-state index >= 15 is 0 Å². The van der Waals surface area contributed by atoms with Gasteiger partial charge in [-0.3, -0.25) is 10.1 Å².